The Labute approximate surface area is 144 Å². The number of hydrogen-bond acceptors (Lipinski definition) is 5. The Morgan fingerprint density at radius 2 is 1.84 bits per heavy atom. The van der Waals surface area contributed by atoms with Crippen LogP contribution in [0.5, 0.6) is 5.75 Å². The van der Waals surface area contributed by atoms with Crippen molar-refractivity contribution < 1.29 is 14.7 Å². The predicted molar refractivity (Wildman–Crippen MR) is 93.9 cm³/mol. The van der Waals surface area contributed by atoms with Gasteiger partial charge in [0, 0.05) is 13.0 Å². The number of hydrogen-bond donors (Lipinski definition) is 3. The van der Waals surface area contributed by atoms with Crippen LogP contribution in [-0.2, 0) is 16.1 Å². The van der Waals surface area contributed by atoms with Crippen molar-refractivity contribution in [1.82, 2.24) is 5.32 Å². The van der Waals surface area contributed by atoms with Gasteiger partial charge in [-0.05, 0) is 29.8 Å². The smallest absolute Gasteiger partial charge is 0.267 e. The van der Waals surface area contributed by atoms with Crippen molar-refractivity contribution in [2.45, 2.75) is 19.0 Å². The zero-order chi connectivity index (χ0) is 17.8. The Balaban J connectivity index is 1.71. The number of amides is 2. The minimum atomic E-state index is -0.683. The van der Waals surface area contributed by atoms with Crippen molar-refractivity contribution in [3.05, 3.63) is 60.2 Å². The summed E-state index contributed by atoms with van der Waals surface area (Å²) in [5.74, 6) is -0.718. The first-order valence-electron chi connectivity index (χ1n) is 7.82. The minimum absolute atomic E-state index is 0.158. The number of para-hydroxylation sites is 1. The number of phenolic OH excluding ortho intramolecular Hbond substituents is 1. The number of hydrazone groups is 1. The highest BCUT2D eigenvalue weighted by Gasteiger charge is 2.34. The summed E-state index contributed by atoms with van der Waals surface area (Å²) in [4.78, 5) is 24.1. The lowest BCUT2D eigenvalue weighted by atomic mass is 10.1. The van der Waals surface area contributed by atoms with Crippen molar-refractivity contribution in [2.75, 3.05) is 5.01 Å². The molecule has 0 aromatic heterocycles. The van der Waals surface area contributed by atoms with Crippen LogP contribution in [0.25, 0.3) is 0 Å². The van der Waals surface area contributed by atoms with Crippen LogP contribution in [0, 0.1) is 0 Å². The average Bonchev–Trinajstić information content (AvgIpc) is 3.07. The van der Waals surface area contributed by atoms with E-state index in [1.807, 2.05) is 18.2 Å². The molecule has 4 N–H and O–H groups in total. The standard InChI is InChI=1S/C18H18N4O3/c19-17(24)16-10-15(21-22(16)13-4-2-1-3-5-13)18(25)20-11-12-6-8-14(23)9-7-12/h1-9,16,23H,10-11H2,(H2,19,24)(H,20,25)/t16-/m0/s1. The molecule has 0 saturated heterocycles. The molecule has 0 saturated carbocycles. The monoisotopic (exact) mass is 338 g/mol. The van der Waals surface area contributed by atoms with Gasteiger partial charge in [0.1, 0.15) is 17.5 Å². The van der Waals surface area contributed by atoms with E-state index >= 15 is 0 Å². The number of anilines is 1. The van der Waals surface area contributed by atoms with Crippen molar-refractivity contribution in [1.29, 1.82) is 0 Å². The molecule has 7 heteroatoms. The molecule has 2 amide bonds. The summed E-state index contributed by atoms with van der Waals surface area (Å²) in [5.41, 5.74) is 7.26. The highest BCUT2D eigenvalue weighted by molar-refractivity contribution is 6.40. The number of carbonyl (C=O) groups excluding carboxylic acids is 2. The molecule has 3 rings (SSSR count). The Kier molecular flexibility index (Phi) is 4.65. The van der Waals surface area contributed by atoms with Gasteiger partial charge in [-0.1, -0.05) is 30.3 Å². The third-order valence-electron chi connectivity index (χ3n) is 3.91. The number of nitrogens with two attached hydrogens (primary N) is 1. The van der Waals surface area contributed by atoms with E-state index in [1.54, 1.807) is 36.4 Å². The second kappa shape index (κ2) is 7.04. The van der Waals surface area contributed by atoms with E-state index in [4.69, 9.17) is 5.73 Å². The fraction of sp³-hybridized carbons (Fsp3) is 0.167. The molecule has 2 aromatic carbocycles. The summed E-state index contributed by atoms with van der Waals surface area (Å²) in [6, 6.07) is 15.0. The number of aromatic hydroxyl groups is 1. The van der Waals surface area contributed by atoms with Gasteiger partial charge in [0.2, 0.25) is 5.91 Å². The zero-order valence-corrected chi connectivity index (χ0v) is 13.4. The van der Waals surface area contributed by atoms with Gasteiger partial charge in [-0.15, -0.1) is 0 Å². The summed E-state index contributed by atoms with van der Waals surface area (Å²) < 4.78 is 0. The quantitative estimate of drug-likeness (QED) is 0.759. The molecule has 0 unspecified atom stereocenters. The number of primary amides is 1. The number of rotatable bonds is 5. The van der Waals surface area contributed by atoms with Crippen LogP contribution in [0.1, 0.15) is 12.0 Å². The Hall–Kier alpha value is -3.35. The maximum absolute atomic E-state index is 12.4. The molecule has 0 spiro atoms. The van der Waals surface area contributed by atoms with Gasteiger partial charge < -0.3 is 16.2 Å². The van der Waals surface area contributed by atoms with E-state index < -0.39 is 11.9 Å². The molecular weight excluding hydrogens is 320 g/mol. The molecule has 25 heavy (non-hydrogen) atoms. The SMILES string of the molecule is NC(=O)[C@@H]1CC(C(=O)NCc2ccc(O)cc2)=NN1c1ccccc1. The second-order valence-electron chi connectivity index (χ2n) is 5.70. The number of nitrogens with zero attached hydrogens (tertiary/aromatic N) is 2. The summed E-state index contributed by atoms with van der Waals surface area (Å²) >= 11 is 0. The molecular formula is C18H18N4O3. The molecule has 0 radical (unpaired) electrons. The lowest BCUT2D eigenvalue weighted by Crippen LogP contribution is -2.39. The summed E-state index contributed by atoms with van der Waals surface area (Å²) in [5, 5.41) is 17.8. The largest absolute Gasteiger partial charge is 0.508 e. The molecule has 0 bridgehead atoms. The van der Waals surface area contributed by atoms with Crippen LogP contribution in [0.3, 0.4) is 0 Å². The van der Waals surface area contributed by atoms with Crippen LogP contribution in [0.2, 0.25) is 0 Å². The highest BCUT2D eigenvalue weighted by atomic mass is 16.3. The zero-order valence-electron chi connectivity index (χ0n) is 13.4. The van der Waals surface area contributed by atoms with E-state index in [0.29, 0.717) is 12.2 Å². The van der Waals surface area contributed by atoms with Crippen molar-refractivity contribution in [2.24, 2.45) is 10.8 Å². The van der Waals surface area contributed by atoms with Crippen LogP contribution in [0.4, 0.5) is 5.69 Å². The molecule has 1 aliphatic rings. The molecule has 1 heterocycles. The Morgan fingerprint density at radius 3 is 2.48 bits per heavy atom. The van der Waals surface area contributed by atoms with Gasteiger partial charge in [-0.2, -0.15) is 5.10 Å². The normalized spacial score (nSPS) is 16.4. The van der Waals surface area contributed by atoms with E-state index in [0.717, 1.165) is 5.56 Å². The maximum atomic E-state index is 12.4. The number of phenols is 1. The van der Waals surface area contributed by atoms with Gasteiger partial charge in [-0.3, -0.25) is 14.6 Å². The summed E-state index contributed by atoms with van der Waals surface area (Å²) in [7, 11) is 0. The predicted octanol–water partition coefficient (Wildman–Crippen LogP) is 1.13. The molecule has 2 aromatic rings. The van der Waals surface area contributed by atoms with Gasteiger partial charge in [0.25, 0.3) is 5.91 Å². The topological polar surface area (TPSA) is 108 Å². The van der Waals surface area contributed by atoms with Crippen molar-refractivity contribution >= 4 is 23.2 Å². The summed E-state index contributed by atoms with van der Waals surface area (Å²) in [6.07, 6.45) is 0.158. The van der Waals surface area contributed by atoms with Crippen LogP contribution in [0.15, 0.2) is 59.7 Å². The van der Waals surface area contributed by atoms with Gasteiger partial charge in [-0.25, -0.2) is 0 Å². The van der Waals surface area contributed by atoms with Crippen molar-refractivity contribution in [3.8, 4) is 5.75 Å². The molecule has 0 aliphatic carbocycles. The molecule has 7 nitrogen and oxygen atoms in total. The lowest BCUT2D eigenvalue weighted by molar-refractivity contribution is -0.119. The van der Waals surface area contributed by atoms with E-state index in [2.05, 4.69) is 10.4 Å². The van der Waals surface area contributed by atoms with Crippen LogP contribution < -0.4 is 16.1 Å². The average molecular weight is 338 g/mol. The Bertz CT molecular complexity index is 803. The lowest BCUT2D eigenvalue weighted by Gasteiger charge is -2.20. The van der Waals surface area contributed by atoms with Crippen LogP contribution >= 0.6 is 0 Å². The third-order valence-corrected chi connectivity index (χ3v) is 3.91. The fourth-order valence-electron chi connectivity index (χ4n) is 2.59. The van der Waals surface area contributed by atoms with Gasteiger partial charge in [0.05, 0.1) is 5.69 Å². The van der Waals surface area contributed by atoms with Crippen LogP contribution in [-0.4, -0.2) is 28.7 Å². The number of nitrogens with one attached hydrogen (secondary N) is 1. The number of benzene rings is 2. The first kappa shape index (κ1) is 16.5. The Morgan fingerprint density at radius 1 is 1.16 bits per heavy atom. The minimum Gasteiger partial charge on any atom is -0.508 e. The summed E-state index contributed by atoms with van der Waals surface area (Å²) in [6.45, 7) is 0.296. The highest BCUT2D eigenvalue weighted by Crippen LogP contribution is 2.24. The molecule has 0 fully saturated rings. The molecule has 1 aliphatic heterocycles. The molecule has 128 valence electrons. The van der Waals surface area contributed by atoms with Gasteiger partial charge in [0.15, 0.2) is 0 Å². The third kappa shape index (κ3) is 3.77. The van der Waals surface area contributed by atoms with E-state index in [1.165, 1.54) is 5.01 Å². The fourth-order valence-corrected chi connectivity index (χ4v) is 2.59. The first-order chi connectivity index (χ1) is 12.0. The second-order valence-corrected chi connectivity index (χ2v) is 5.70. The van der Waals surface area contributed by atoms with E-state index in [-0.39, 0.29) is 23.8 Å². The van der Waals surface area contributed by atoms with E-state index in [9.17, 15) is 14.7 Å². The van der Waals surface area contributed by atoms with Gasteiger partial charge >= 0.3 is 0 Å². The first-order valence-corrected chi connectivity index (χ1v) is 7.82. The number of carbonyl (C=O) groups is 2. The maximum Gasteiger partial charge on any atom is 0.267 e. The van der Waals surface area contributed by atoms with Crippen molar-refractivity contribution in [3.63, 3.8) is 0 Å². The molecule has 1 atom stereocenters.